The highest BCUT2D eigenvalue weighted by molar-refractivity contribution is 5.90. The number of nitrogens with one attached hydrogen (secondary N) is 5. The number of hydrazine groups is 1. The molecule has 1 heterocycles. The smallest absolute Gasteiger partial charge is 0.329 e. The van der Waals surface area contributed by atoms with E-state index in [4.69, 9.17) is 10.5 Å². The topological polar surface area (TPSA) is 167 Å². The third kappa shape index (κ3) is 10.5. The maximum absolute atomic E-state index is 13.4. The Bertz CT molecular complexity index is 1050. The van der Waals surface area contributed by atoms with Crippen molar-refractivity contribution in [3.05, 3.63) is 35.9 Å². The Morgan fingerprint density at radius 2 is 1.74 bits per heavy atom. The molecule has 5 amide bonds. The first-order valence-electron chi connectivity index (χ1n) is 15.6. The van der Waals surface area contributed by atoms with E-state index >= 15 is 0 Å². The summed E-state index contributed by atoms with van der Waals surface area (Å²) in [5, 5.41) is 8.63. The maximum Gasteiger partial charge on any atom is 0.329 e. The van der Waals surface area contributed by atoms with E-state index < -0.39 is 12.1 Å². The quantitative estimate of drug-likeness (QED) is 0.175. The number of carbonyl (C=O) groups is 4. The first-order chi connectivity index (χ1) is 20.6. The molecule has 12 nitrogen and oxygen atoms in total. The largest absolute Gasteiger partial charge is 0.372 e. The van der Waals surface area contributed by atoms with Crippen LogP contribution in [0.3, 0.4) is 0 Å². The second-order valence-corrected chi connectivity index (χ2v) is 12.1. The fourth-order valence-electron chi connectivity index (χ4n) is 5.64. The van der Waals surface area contributed by atoms with E-state index in [2.05, 4.69) is 26.8 Å². The molecule has 2 fully saturated rings. The summed E-state index contributed by atoms with van der Waals surface area (Å²) in [7, 11) is 1.66. The van der Waals surface area contributed by atoms with E-state index in [0.29, 0.717) is 45.0 Å². The number of likely N-dealkylation sites (tertiary alicyclic amines) is 1. The van der Waals surface area contributed by atoms with Crippen LogP contribution < -0.4 is 32.5 Å². The van der Waals surface area contributed by atoms with Crippen LogP contribution in [-0.2, 0) is 25.7 Å². The summed E-state index contributed by atoms with van der Waals surface area (Å²) >= 11 is 0. The van der Waals surface area contributed by atoms with Crippen molar-refractivity contribution in [2.24, 2.45) is 23.5 Å². The second-order valence-electron chi connectivity index (χ2n) is 12.1. The Morgan fingerprint density at radius 3 is 2.37 bits per heavy atom. The Kier molecular flexibility index (Phi) is 13.7. The van der Waals surface area contributed by atoms with Gasteiger partial charge in [-0.15, -0.1) is 0 Å². The van der Waals surface area contributed by atoms with Crippen molar-refractivity contribution in [3.63, 3.8) is 0 Å². The van der Waals surface area contributed by atoms with E-state index in [1.165, 1.54) is 0 Å². The summed E-state index contributed by atoms with van der Waals surface area (Å²) < 4.78 is 6.10. The van der Waals surface area contributed by atoms with E-state index in [0.717, 1.165) is 31.2 Å². The molecule has 1 saturated carbocycles. The Balaban J connectivity index is 1.46. The molecule has 7 N–H and O–H groups in total. The van der Waals surface area contributed by atoms with Crippen LogP contribution in [-0.4, -0.2) is 79.6 Å². The van der Waals surface area contributed by atoms with Gasteiger partial charge in [-0.2, -0.15) is 0 Å². The lowest BCUT2D eigenvalue weighted by molar-refractivity contribution is -0.140. The number of nitrogens with zero attached hydrogens (tertiary/aromatic N) is 1. The molecule has 1 saturated heterocycles. The van der Waals surface area contributed by atoms with E-state index in [1.54, 1.807) is 11.9 Å². The van der Waals surface area contributed by atoms with E-state index in [-0.39, 0.29) is 47.7 Å². The van der Waals surface area contributed by atoms with Crippen molar-refractivity contribution >= 4 is 23.8 Å². The average molecular weight is 602 g/mol. The lowest BCUT2D eigenvalue weighted by Crippen LogP contribution is -2.56. The molecule has 43 heavy (non-hydrogen) atoms. The highest BCUT2D eigenvalue weighted by atomic mass is 16.5. The SMILES string of the molecule is CC[C@@H](CNNC(=O)NCC1CCC(C(=O)NC)CC1)NC(=O)[C@@H]1C[C@@H](OCc2ccccc2)CN1C(=O)[C@@H](N)C(C)C. The molecule has 1 aliphatic heterocycles. The minimum atomic E-state index is -0.708. The van der Waals surface area contributed by atoms with Crippen LogP contribution in [0.4, 0.5) is 4.79 Å². The summed E-state index contributed by atoms with van der Waals surface area (Å²) in [6.45, 7) is 7.26. The number of nitrogens with two attached hydrogens (primary N) is 1. The number of benzene rings is 1. The van der Waals surface area contributed by atoms with Gasteiger partial charge in [-0.1, -0.05) is 51.1 Å². The Hall–Kier alpha value is -3.22. The van der Waals surface area contributed by atoms with Gasteiger partial charge in [0.05, 0.1) is 18.8 Å². The molecule has 1 aromatic carbocycles. The highest BCUT2D eigenvalue weighted by Gasteiger charge is 2.42. The molecule has 12 heteroatoms. The predicted molar refractivity (Wildman–Crippen MR) is 164 cm³/mol. The molecule has 0 bridgehead atoms. The normalized spacial score (nSPS) is 23.3. The van der Waals surface area contributed by atoms with Crippen molar-refractivity contribution in [3.8, 4) is 0 Å². The van der Waals surface area contributed by atoms with Gasteiger partial charge in [0.15, 0.2) is 0 Å². The molecule has 240 valence electrons. The van der Waals surface area contributed by atoms with Gasteiger partial charge in [0, 0.05) is 45.1 Å². The number of carbonyl (C=O) groups excluding carboxylic acids is 4. The van der Waals surface area contributed by atoms with Crippen LogP contribution in [0.25, 0.3) is 0 Å². The Morgan fingerprint density at radius 1 is 1.05 bits per heavy atom. The zero-order valence-electron chi connectivity index (χ0n) is 26.1. The summed E-state index contributed by atoms with van der Waals surface area (Å²) in [6.07, 6.45) is 4.17. The molecule has 0 spiro atoms. The third-order valence-electron chi connectivity index (χ3n) is 8.59. The number of hydrogen-bond donors (Lipinski definition) is 6. The van der Waals surface area contributed by atoms with Crippen molar-refractivity contribution in [2.45, 2.75) is 90.1 Å². The molecule has 0 unspecified atom stereocenters. The van der Waals surface area contributed by atoms with Gasteiger partial charge >= 0.3 is 6.03 Å². The summed E-state index contributed by atoms with van der Waals surface area (Å²) in [6, 6.07) is 7.77. The molecule has 0 radical (unpaired) electrons. The average Bonchev–Trinajstić information content (AvgIpc) is 3.46. The van der Waals surface area contributed by atoms with Crippen LogP contribution in [0.5, 0.6) is 0 Å². The third-order valence-corrected chi connectivity index (χ3v) is 8.59. The zero-order valence-corrected chi connectivity index (χ0v) is 26.1. The first kappa shape index (κ1) is 34.3. The van der Waals surface area contributed by atoms with Gasteiger partial charge in [0.1, 0.15) is 6.04 Å². The second kappa shape index (κ2) is 17.2. The number of amides is 5. The molecule has 3 rings (SSSR count). The van der Waals surface area contributed by atoms with Crippen LogP contribution in [0.1, 0.15) is 64.9 Å². The molecular weight excluding hydrogens is 550 g/mol. The van der Waals surface area contributed by atoms with Crippen molar-refractivity contribution in [2.75, 3.05) is 26.7 Å². The van der Waals surface area contributed by atoms with E-state index in [1.807, 2.05) is 51.1 Å². The monoisotopic (exact) mass is 601 g/mol. The summed E-state index contributed by atoms with van der Waals surface area (Å²) in [5.41, 5.74) is 12.8. The number of hydrogen-bond acceptors (Lipinski definition) is 7. The molecule has 2 aliphatic rings. The van der Waals surface area contributed by atoms with Crippen molar-refractivity contribution in [1.82, 2.24) is 31.7 Å². The first-order valence-corrected chi connectivity index (χ1v) is 15.6. The van der Waals surface area contributed by atoms with Gasteiger partial charge in [0.25, 0.3) is 0 Å². The van der Waals surface area contributed by atoms with Gasteiger partial charge in [-0.25, -0.2) is 10.2 Å². The van der Waals surface area contributed by atoms with Crippen LogP contribution in [0, 0.1) is 17.8 Å². The Labute approximate surface area is 255 Å². The minimum Gasteiger partial charge on any atom is -0.372 e. The number of ether oxygens (including phenoxy) is 1. The van der Waals surface area contributed by atoms with Crippen molar-refractivity contribution in [1.29, 1.82) is 0 Å². The molecule has 0 aromatic heterocycles. The number of urea groups is 1. The molecular formula is C31H51N7O5. The molecule has 4 atom stereocenters. The fraction of sp³-hybridized carbons (Fsp3) is 0.677. The molecule has 1 aromatic rings. The van der Waals surface area contributed by atoms with Gasteiger partial charge in [0.2, 0.25) is 17.7 Å². The van der Waals surface area contributed by atoms with Gasteiger partial charge in [-0.05, 0) is 49.5 Å². The fourth-order valence-corrected chi connectivity index (χ4v) is 5.64. The van der Waals surface area contributed by atoms with Crippen LogP contribution in [0.15, 0.2) is 30.3 Å². The van der Waals surface area contributed by atoms with Crippen LogP contribution >= 0.6 is 0 Å². The zero-order chi connectivity index (χ0) is 31.4. The van der Waals surface area contributed by atoms with E-state index in [9.17, 15) is 19.2 Å². The summed E-state index contributed by atoms with van der Waals surface area (Å²) in [4.78, 5) is 52.4. The predicted octanol–water partition coefficient (Wildman–Crippen LogP) is 1.41. The maximum atomic E-state index is 13.4. The minimum absolute atomic E-state index is 0.0620. The van der Waals surface area contributed by atoms with Gasteiger partial charge < -0.3 is 31.3 Å². The highest BCUT2D eigenvalue weighted by Crippen LogP contribution is 2.28. The lowest BCUT2D eigenvalue weighted by Gasteiger charge is -2.29. The molecule has 1 aliphatic carbocycles. The summed E-state index contributed by atoms with van der Waals surface area (Å²) in [5.74, 6) is -0.0905. The van der Waals surface area contributed by atoms with Crippen molar-refractivity contribution < 1.29 is 23.9 Å². The standard InChI is InChI=1S/C31H51N7O5/c1-5-24(17-35-37-31(42)34-16-21-11-13-23(14-12-21)28(39)33-4)36-29(40)26-15-25(43-19-22-9-7-6-8-10-22)18-38(26)30(41)27(32)20(2)3/h6-10,20-21,23-27,35H,5,11-19,32H2,1-4H3,(H,33,39)(H,36,40)(H2,34,37,42)/t21?,23?,24-,25+,26-,27-/m0/s1. The number of rotatable bonds is 14. The lowest BCUT2D eigenvalue weighted by atomic mass is 9.81. The van der Waals surface area contributed by atoms with Gasteiger partial charge in [-0.3, -0.25) is 19.8 Å². The van der Waals surface area contributed by atoms with Crippen LogP contribution in [0.2, 0.25) is 0 Å².